The van der Waals surface area contributed by atoms with E-state index in [1.54, 1.807) is 8.05 Å². The van der Waals surface area contributed by atoms with Crippen LogP contribution in [0.25, 0.3) is 0 Å². The van der Waals surface area contributed by atoms with Crippen LogP contribution in [0.2, 0.25) is 4.22 Å². The topological polar surface area (TPSA) is 9.23 Å². The van der Waals surface area contributed by atoms with E-state index in [4.69, 9.17) is 3.24 Å². The first-order chi connectivity index (χ1) is 3.93. The normalized spacial score (nSPS) is 17.5. The molecule has 1 aliphatic rings. The summed E-state index contributed by atoms with van der Waals surface area (Å²) in [5.74, 6) is 0. The van der Waals surface area contributed by atoms with Crippen LogP contribution < -0.4 is 0 Å². The molecule has 0 saturated heterocycles. The van der Waals surface area contributed by atoms with Crippen molar-refractivity contribution in [2.75, 3.05) is 0 Å². The molecule has 8 heavy (non-hydrogen) atoms. The molecule has 0 aromatic heterocycles. The van der Waals surface area contributed by atoms with Gasteiger partial charge in [0, 0.05) is 0 Å². The maximum absolute atomic E-state index is 5.05. The van der Waals surface area contributed by atoms with Crippen LogP contribution in [0.1, 0.15) is 0 Å². The fourth-order valence-corrected chi connectivity index (χ4v) is 1.66. The summed E-state index contributed by atoms with van der Waals surface area (Å²) in [4.78, 5) is 0. The summed E-state index contributed by atoms with van der Waals surface area (Å²) in [6, 6.07) is 0. The van der Waals surface area contributed by atoms with E-state index in [1.807, 2.05) is 0 Å². The summed E-state index contributed by atoms with van der Waals surface area (Å²) in [7, 11) is 1.78. The molecule has 1 aliphatic carbocycles. The van der Waals surface area contributed by atoms with Crippen molar-refractivity contribution in [2.45, 2.75) is 4.22 Å². The first kappa shape index (κ1) is 6.34. The minimum absolute atomic E-state index is 0.167. The van der Waals surface area contributed by atoms with Crippen LogP contribution in [0.15, 0.2) is 24.3 Å². The van der Waals surface area contributed by atoms with E-state index in [9.17, 15) is 0 Å². The van der Waals surface area contributed by atoms with Crippen LogP contribution in [0.4, 0.5) is 0 Å². The van der Waals surface area contributed by atoms with E-state index in [0.29, 0.717) is 4.22 Å². The predicted molar refractivity (Wildman–Crippen MR) is 31.7 cm³/mol. The van der Waals surface area contributed by atoms with Gasteiger partial charge in [-0.3, -0.25) is 0 Å². The molecule has 40 valence electrons. The second kappa shape index (κ2) is 3.29. The third kappa shape index (κ3) is 1.62. The Morgan fingerprint density at radius 3 is 2.50 bits per heavy atom. The van der Waals surface area contributed by atoms with Crippen molar-refractivity contribution >= 4 is 8.05 Å². The van der Waals surface area contributed by atoms with Gasteiger partial charge in [0.15, 0.2) is 0 Å². The zero-order valence-corrected chi connectivity index (χ0v) is 6.36. The second-order valence-electron chi connectivity index (χ2n) is 1.62. The van der Waals surface area contributed by atoms with Gasteiger partial charge in [0.2, 0.25) is 0 Å². The van der Waals surface area contributed by atoms with E-state index in [0.717, 1.165) is 0 Å². The first-order valence-corrected chi connectivity index (χ1v) is 4.11. The van der Waals surface area contributed by atoms with Crippen molar-refractivity contribution in [3.05, 3.63) is 24.3 Å². The molecular formula is C5H7BOTi. The molecule has 1 nitrogen and oxygen atoms in total. The van der Waals surface area contributed by atoms with Crippen molar-refractivity contribution in [1.82, 2.24) is 0 Å². The van der Waals surface area contributed by atoms with Crippen LogP contribution >= 0.6 is 0 Å². The number of rotatable bonds is 2. The van der Waals surface area contributed by atoms with E-state index in [-0.39, 0.29) is 19.5 Å². The van der Waals surface area contributed by atoms with Gasteiger partial charge in [-0.15, -0.1) is 0 Å². The van der Waals surface area contributed by atoms with Crippen molar-refractivity contribution in [3.63, 3.8) is 0 Å². The summed E-state index contributed by atoms with van der Waals surface area (Å²) < 4.78 is 5.70. The molecule has 0 atom stereocenters. The summed E-state index contributed by atoms with van der Waals surface area (Å²) in [5, 5.41) is 0. The molecule has 0 unspecified atom stereocenters. The Morgan fingerprint density at radius 1 is 1.38 bits per heavy atom. The molecule has 0 aromatic carbocycles. The predicted octanol–water partition coefficient (Wildman–Crippen LogP) is 0.463. The Hall–Kier alpha value is 0.219. The molecule has 0 N–H and O–H groups in total. The molecule has 1 rings (SSSR count). The molecule has 0 aromatic rings. The first-order valence-electron chi connectivity index (χ1n) is 2.57. The average Bonchev–Trinajstić information content (AvgIpc) is 2.19. The third-order valence-electron chi connectivity index (χ3n) is 1.00. The number of hydrogen-bond donors (Lipinski definition) is 0. The van der Waals surface area contributed by atoms with Crippen molar-refractivity contribution in [3.8, 4) is 0 Å². The minimum atomic E-state index is -0.167. The van der Waals surface area contributed by atoms with Crippen LogP contribution in [-0.2, 0) is 22.8 Å². The molecular weight excluding hydrogens is 135 g/mol. The SMILES string of the molecule is B[O][Ti][CH]1C=CC=C1. The fraction of sp³-hybridized carbons (Fsp3) is 0.200. The van der Waals surface area contributed by atoms with Crippen LogP contribution in [-0.4, -0.2) is 8.05 Å². The van der Waals surface area contributed by atoms with E-state index >= 15 is 0 Å². The van der Waals surface area contributed by atoms with Gasteiger partial charge in [-0.2, -0.15) is 0 Å². The number of hydrogen-bond acceptors (Lipinski definition) is 1. The summed E-state index contributed by atoms with van der Waals surface area (Å²) in [6.45, 7) is 0. The molecule has 0 radical (unpaired) electrons. The van der Waals surface area contributed by atoms with Gasteiger partial charge in [-0.1, -0.05) is 0 Å². The Balaban J connectivity index is 2.27. The zero-order chi connectivity index (χ0) is 5.82. The van der Waals surface area contributed by atoms with Gasteiger partial charge >= 0.3 is 59.4 Å². The van der Waals surface area contributed by atoms with Crippen LogP contribution in [0.5, 0.6) is 0 Å². The Morgan fingerprint density at radius 2 is 2.00 bits per heavy atom. The van der Waals surface area contributed by atoms with Gasteiger partial charge in [-0.25, -0.2) is 0 Å². The van der Waals surface area contributed by atoms with Crippen molar-refractivity contribution in [2.24, 2.45) is 0 Å². The van der Waals surface area contributed by atoms with E-state index in [1.165, 1.54) is 0 Å². The molecule has 0 amide bonds. The maximum atomic E-state index is 5.05. The Bertz CT molecular complexity index is 110. The standard InChI is InChI=1S/C5H5.BH2O.Ti/c1-2-4-5-3-1;1-2;/h1-5H;1H2;/q;-1;+1. The molecule has 0 spiro atoms. The second-order valence-corrected chi connectivity index (χ2v) is 3.66. The number of allylic oxidation sites excluding steroid dienone is 4. The van der Waals surface area contributed by atoms with Gasteiger partial charge in [0.1, 0.15) is 0 Å². The fourth-order valence-electron chi connectivity index (χ4n) is 0.647. The summed E-state index contributed by atoms with van der Waals surface area (Å²) in [6.07, 6.45) is 8.52. The molecule has 0 bridgehead atoms. The summed E-state index contributed by atoms with van der Waals surface area (Å²) >= 11 is -0.167. The van der Waals surface area contributed by atoms with Gasteiger partial charge < -0.3 is 0 Å². The van der Waals surface area contributed by atoms with E-state index in [2.05, 4.69) is 24.3 Å². The zero-order valence-electron chi connectivity index (χ0n) is 4.79. The molecule has 0 saturated carbocycles. The van der Waals surface area contributed by atoms with Crippen molar-refractivity contribution in [1.29, 1.82) is 0 Å². The Kier molecular flexibility index (Phi) is 2.60. The van der Waals surface area contributed by atoms with Gasteiger partial charge in [0.05, 0.1) is 0 Å². The Labute approximate surface area is 59.6 Å². The molecule has 0 heterocycles. The molecule has 3 heteroatoms. The quantitative estimate of drug-likeness (QED) is 0.508. The summed E-state index contributed by atoms with van der Waals surface area (Å²) in [5.41, 5.74) is 0. The van der Waals surface area contributed by atoms with Crippen LogP contribution in [0, 0.1) is 0 Å². The molecule has 0 aliphatic heterocycles. The van der Waals surface area contributed by atoms with E-state index < -0.39 is 0 Å². The third-order valence-corrected chi connectivity index (χ3v) is 2.40. The van der Waals surface area contributed by atoms with Gasteiger partial charge in [-0.05, 0) is 0 Å². The van der Waals surface area contributed by atoms with Crippen molar-refractivity contribution < 1.29 is 22.8 Å². The average molecular weight is 142 g/mol. The molecule has 0 fully saturated rings. The van der Waals surface area contributed by atoms with Crippen LogP contribution in [0.3, 0.4) is 0 Å². The monoisotopic (exact) mass is 142 g/mol. The van der Waals surface area contributed by atoms with Gasteiger partial charge in [0.25, 0.3) is 0 Å².